The third-order valence-corrected chi connectivity index (χ3v) is 6.52. The van der Waals surface area contributed by atoms with E-state index in [1.54, 1.807) is 11.5 Å². The summed E-state index contributed by atoms with van der Waals surface area (Å²) < 4.78 is 12.2. The number of ketones is 2. The van der Waals surface area contributed by atoms with Gasteiger partial charge in [-0.1, -0.05) is 12.8 Å². The Kier molecular flexibility index (Phi) is 5.63. The van der Waals surface area contributed by atoms with E-state index in [0.29, 0.717) is 30.6 Å². The van der Waals surface area contributed by atoms with E-state index in [0.717, 1.165) is 12.8 Å². The molecule has 3 aliphatic rings. The highest BCUT2D eigenvalue weighted by molar-refractivity contribution is 6.26. The summed E-state index contributed by atoms with van der Waals surface area (Å²) in [5.74, 6) is -0.684. The van der Waals surface area contributed by atoms with Crippen LogP contribution in [0.4, 0.5) is 4.79 Å². The second-order valence-electron chi connectivity index (χ2n) is 8.39. The van der Waals surface area contributed by atoms with Crippen LogP contribution < -0.4 is 16.8 Å². The second-order valence-corrected chi connectivity index (χ2v) is 8.39. The van der Waals surface area contributed by atoms with Crippen molar-refractivity contribution in [3.63, 3.8) is 0 Å². The molecule has 1 aromatic rings. The van der Waals surface area contributed by atoms with Crippen LogP contribution in [0.15, 0.2) is 11.3 Å². The van der Waals surface area contributed by atoms with Gasteiger partial charge in [-0.3, -0.25) is 9.59 Å². The Bertz CT molecular complexity index is 981. The van der Waals surface area contributed by atoms with Crippen molar-refractivity contribution in [3.8, 4) is 0 Å². The molecule has 1 aliphatic heterocycles. The van der Waals surface area contributed by atoms with Gasteiger partial charge in [0.1, 0.15) is 18.4 Å². The fraction of sp³-hybridized carbons (Fsp3) is 0.571. The number of rotatable bonds is 5. The predicted molar refractivity (Wildman–Crippen MR) is 109 cm³/mol. The molecule has 2 aliphatic carbocycles. The van der Waals surface area contributed by atoms with Crippen LogP contribution in [0.2, 0.25) is 0 Å². The third kappa shape index (κ3) is 3.44. The molecule has 1 amide bonds. The molecule has 31 heavy (non-hydrogen) atoms. The predicted octanol–water partition coefficient (Wildman–Crippen LogP) is 0.658. The Balaban J connectivity index is 1.80. The van der Waals surface area contributed by atoms with Crippen LogP contribution in [0.3, 0.4) is 0 Å². The van der Waals surface area contributed by atoms with Crippen LogP contribution in [0.25, 0.3) is 0 Å². The highest BCUT2D eigenvalue weighted by atomic mass is 16.5. The van der Waals surface area contributed by atoms with E-state index in [-0.39, 0.29) is 46.7 Å². The third-order valence-electron chi connectivity index (χ3n) is 6.52. The molecule has 4 rings (SSSR count). The van der Waals surface area contributed by atoms with Gasteiger partial charge in [0.2, 0.25) is 11.6 Å². The molecule has 6 N–H and O–H groups in total. The molecule has 0 saturated heterocycles. The van der Waals surface area contributed by atoms with Crippen LogP contribution >= 0.6 is 0 Å². The number of primary amides is 1. The Labute approximate surface area is 179 Å². The number of hydrogen-bond donors (Lipinski definition) is 4. The Morgan fingerprint density at radius 3 is 2.61 bits per heavy atom. The summed E-state index contributed by atoms with van der Waals surface area (Å²) in [7, 11) is 1.50. The van der Waals surface area contributed by atoms with Gasteiger partial charge in [-0.2, -0.15) is 0 Å². The van der Waals surface area contributed by atoms with Crippen LogP contribution in [0.1, 0.15) is 70.8 Å². The number of fused-ring (bicyclic) bond motifs is 3. The minimum absolute atomic E-state index is 0.173. The lowest BCUT2D eigenvalue weighted by molar-refractivity contribution is 0.0857. The summed E-state index contributed by atoms with van der Waals surface area (Å²) in [4.78, 5) is 38.2. The fourth-order valence-corrected chi connectivity index (χ4v) is 5.00. The van der Waals surface area contributed by atoms with E-state index >= 15 is 0 Å². The van der Waals surface area contributed by atoms with Crippen molar-refractivity contribution >= 4 is 17.7 Å². The van der Waals surface area contributed by atoms with Gasteiger partial charge >= 0.3 is 6.09 Å². The zero-order chi connectivity index (χ0) is 22.4. The van der Waals surface area contributed by atoms with Crippen molar-refractivity contribution < 1.29 is 29.0 Å². The quantitative estimate of drug-likeness (QED) is 0.528. The summed E-state index contributed by atoms with van der Waals surface area (Å²) >= 11 is 0. The SMILES string of the molecule is CO[C@@H]1c2c(COC(N)=O)c3c(n2C[C@@H]1N)C(=O)C(C)=C(N[C@H]1CCCC[C@@H]1O)C3=O. The number of nitrogens with two attached hydrogens (primary N) is 2. The first kappa shape index (κ1) is 21.5. The molecule has 1 saturated carbocycles. The minimum Gasteiger partial charge on any atom is -0.445 e. The summed E-state index contributed by atoms with van der Waals surface area (Å²) in [5, 5.41) is 13.5. The van der Waals surface area contributed by atoms with Gasteiger partial charge in [0.25, 0.3) is 0 Å². The Morgan fingerprint density at radius 1 is 1.26 bits per heavy atom. The number of carbonyl (C=O) groups excluding carboxylic acids is 3. The normalized spacial score (nSPS) is 27.9. The first-order valence-electron chi connectivity index (χ1n) is 10.5. The van der Waals surface area contributed by atoms with Crippen molar-refractivity contribution in [3.05, 3.63) is 33.8 Å². The molecule has 1 aromatic heterocycles. The summed E-state index contributed by atoms with van der Waals surface area (Å²) in [5.41, 5.74) is 13.1. The number of carbonyl (C=O) groups is 3. The van der Waals surface area contributed by atoms with E-state index in [1.165, 1.54) is 7.11 Å². The van der Waals surface area contributed by atoms with Gasteiger partial charge in [-0.15, -0.1) is 0 Å². The lowest BCUT2D eigenvalue weighted by atomic mass is 9.87. The number of aliphatic hydroxyl groups is 1. The van der Waals surface area contributed by atoms with Crippen LogP contribution in [0.5, 0.6) is 0 Å². The maximum absolute atomic E-state index is 13.6. The number of Topliss-reactive ketones (excluding diaryl/α,β-unsaturated/α-hetero) is 2. The van der Waals surface area contributed by atoms with Gasteiger partial charge in [0.05, 0.1) is 35.1 Å². The maximum Gasteiger partial charge on any atom is 0.404 e. The van der Waals surface area contributed by atoms with Crippen molar-refractivity contribution in [1.29, 1.82) is 0 Å². The maximum atomic E-state index is 13.6. The topological polar surface area (TPSA) is 159 Å². The molecule has 2 heterocycles. The highest BCUT2D eigenvalue weighted by Crippen LogP contribution is 2.41. The number of methoxy groups -OCH3 is 1. The molecule has 0 bridgehead atoms. The molecule has 168 valence electrons. The van der Waals surface area contributed by atoms with Gasteiger partial charge < -0.3 is 35.9 Å². The largest absolute Gasteiger partial charge is 0.445 e. The second kappa shape index (κ2) is 8.10. The van der Waals surface area contributed by atoms with Crippen molar-refractivity contribution in [2.24, 2.45) is 11.5 Å². The molecule has 1 fully saturated rings. The number of hydrogen-bond acceptors (Lipinski definition) is 8. The standard InChI is InChI=1S/C21H28N4O6/c1-9-15(24-12-5-3-4-6-13(12)26)19(28)14-10(8-31-21(23)29)16-20(30-2)11(22)7-25(16)17(14)18(9)27/h11-13,20,24,26H,3-8,22H2,1-2H3,(H2,23,29)/t11-,12-,13-,20-/m0/s1. The monoisotopic (exact) mass is 432 g/mol. The molecular weight excluding hydrogens is 404 g/mol. The first-order chi connectivity index (χ1) is 14.8. The Morgan fingerprint density at radius 2 is 1.97 bits per heavy atom. The fourth-order valence-electron chi connectivity index (χ4n) is 5.00. The van der Waals surface area contributed by atoms with Gasteiger partial charge in [-0.05, 0) is 19.8 Å². The number of nitrogens with zero attached hydrogens (tertiary/aromatic N) is 1. The van der Waals surface area contributed by atoms with Crippen molar-refractivity contribution in [1.82, 2.24) is 9.88 Å². The van der Waals surface area contributed by atoms with Crippen molar-refractivity contribution in [2.75, 3.05) is 7.11 Å². The smallest absolute Gasteiger partial charge is 0.404 e. The van der Waals surface area contributed by atoms with Crippen molar-refractivity contribution in [2.45, 2.75) is 70.1 Å². The van der Waals surface area contributed by atoms with Crippen LogP contribution in [-0.4, -0.2) is 52.6 Å². The van der Waals surface area contributed by atoms with Gasteiger partial charge in [0, 0.05) is 24.8 Å². The summed E-state index contributed by atoms with van der Waals surface area (Å²) in [6.07, 6.45) is 1.06. The van der Waals surface area contributed by atoms with E-state index in [4.69, 9.17) is 20.9 Å². The minimum atomic E-state index is -0.991. The first-order valence-corrected chi connectivity index (χ1v) is 10.5. The molecular formula is C21H28N4O6. The van der Waals surface area contributed by atoms with Crippen LogP contribution in [0, 0.1) is 0 Å². The number of nitrogens with one attached hydrogen (secondary N) is 1. The zero-order valence-electron chi connectivity index (χ0n) is 17.6. The number of amides is 1. The van der Waals surface area contributed by atoms with E-state index in [2.05, 4.69) is 5.32 Å². The molecule has 0 spiro atoms. The molecule has 0 radical (unpaired) electrons. The van der Waals surface area contributed by atoms with Gasteiger partial charge in [-0.25, -0.2) is 4.79 Å². The molecule has 10 nitrogen and oxygen atoms in total. The van der Waals surface area contributed by atoms with E-state index in [1.807, 2.05) is 0 Å². The molecule has 10 heteroatoms. The number of allylic oxidation sites excluding steroid dienone is 2. The lowest BCUT2D eigenvalue weighted by Crippen LogP contribution is -2.45. The highest BCUT2D eigenvalue weighted by Gasteiger charge is 2.45. The summed E-state index contributed by atoms with van der Waals surface area (Å²) in [6.45, 7) is 1.62. The van der Waals surface area contributed by atoms with E-state index < -0.39 is 24.3 Å². The van der Waals surface area contributed by atoms with E-state index in [9.17, 15) is 19.5 Å². The average molecular weight is 432 g/mol. The number of ether oxygens (including phenoxy) is 2. The van der Waals surface area contributed by atoms with Gasteiger partial charge in [0.15, 0.2) is 0 Å². The molecule has 4 atom stereocenters. The van der Waals surface area contributed by atoms with Crippen LogP contribution in [-0.2, 0) is 22.6 Å². The lowest BCUT2D eigenvalue weighted by Gasteiger charge is -2.31. The molecule has 0 unspecified atom stereocenters. The summed E-state index contributed by atoms with van der Waals surface area (Å²) in [6, 6.07) is -0.723. The number of aliphatic hydroxyl groups excluding tert-OH is 1. The Hall–Kier alpha value is -2.69. The zero-order valence-corrected chi connectivity index (χ0v) is 17.6. The number of aromatic nitrogens is 1. The molecule has 0 aromatic carbocycles. The average Bonchev–Trinajstić information content (AvgIpc) is 3.21.